The van der Waals surface area contributed by atoms with Gasteiger partial charge in [0.1, 0.15) is 0 Å². The third kappa shape index (κ3) is 3.25. The molecule has 27 heavy (non-hydrogen) atoms. The van der Waals surface area contributed by atoms with Crippen LogP contribution in [0.5, 0.6) is 5.88 Å². The maximum Gasteiger partial charge on any atom is 0.426 e. The number of hydrogen-bond donors (Lipinski definition) is 1. The maximum absolute atomic E-state index is 13.0. The minimum absolute atomic E-state index is 0.0351. The first-order valence-electron chi connectivity index (χ1n) is 8.22. The second-order valence-electron chi connectivity index (χ2n) is 6.68. The number of rotatable bonds is 3. The van der Waals surface area contributed by atoms with Crippen LogP contribution in [0, 0.1) is 0 Å². The van der Waals surface area contributed by atoms with Gasteiger partial charge in [-0.15, -0.1) is 0 Å². The highest BCUT2D eigenvalue weighted by molar-refractivity contribution is 5.85. The summed E-state index contributed by atoms with van der Waals surface area (Å²) in [6.45, 7) is 2.24. The van der Waals surface area contributed by atoms with Gasteiger partial charge in [0, 0.05) is 30.6 Å². The van der Waals surface area contributed by atoms with Crippen molar-refractivity contribution in [2.24, 2.45) is 0 Å². The van der Waals surface area contributed by atoms with Crippen molar-refractivity contribution in [2.75, 3.05) is 13.7 Å². The number of ether oxygens (including phenoxy) is 1. The molecule has 7 nitrogen and oxygen atoms in total. The number of aliphatic hydroxyl groups is 1. The summed E-state index contributed by atoms with van der Waals surface area (Å²) in [5, 5.41) is 14.0. The Labute approximate surface area is 153 Å². The van der Waals surface area contributed by atoms with Crippen LogP contribution in [-0.2, 0) is 11.3 Å². The van der Waals surface area contributed by atoms with Crippen LogP contribution in [0.15, 0.2) is 24.5 Å². The quantitative estimate of drug-likeness (QED) is 0.876. The Morgan fingerprint density at radius 3 is 2.59 bits per heavy atom. The average molecular weight is 384 g/mol. The summed E-state index contributed by atoms with van der Waals surface area (Å²) >= 11 is 0. The first-order valence-corrected chi connectivity index (χ1v) is 8.22. The summed E-state index contributed by atoms with van der Waals surface area (Å²) in [6.07, 6.45) is -1.96. The number of carbonyl (C=O) groups excluding carboxylic acids is 1. The molecule has 0 aromatic carbocycles. The molecule has 0 fully saturated rings. The monoisotopic (exact) mass is 384 g/mol. The fourth-order valence-corrected chi connectivity index (χ4v) is 3.13. The highest BCUT2D eigenvalue weighted by Gasteiger charge is 2.57. The summed E-state index contributed by atoms with van der Waals surface area (Å²) in [6, 6.07) is 3.44. The van der Waals surface area contributed by atoms with E-state index in [9.17, 15) is 23.1 Å². The van der Waals surface area contributed by atoms with Gasteiger partial charge >= 0.3 is 6.18 Å². The molecule has 0 saturated carbocycles. The Kier molecular flexibility index (Phi) is 4.62. The van der Waals surface area contributed by atoms with E-state index in [2.05, 4.69) is 10.1 Å². The summed E-state index contributed by atoms with van der Waals surface area (Å²) in [7, 11) is 1.50. The molecule has 3 heterocycles. The normalized spacial score (nSPS) is 19.4. The van der Waals surface area contributed by atoms with Gasteiger partial charge in [-0.1, -0.05) is 6.92 Å². The van der Waals surface area contributed by atoms with Gasteiger partial charge in [-0.2, -0.15) is 18.3 Å². The molecule has 2 aromatic rings. The van der Waals surface area contributed by atoms with Crippen molar-refractivity contribution in [3.05, 3.63) is 35.8 Å². The zero-order valence-electron chi connectivity index (χ0n) is 15.0. The third-order valence-corrected chi connectivity index (χ3v) is 4.64. The third-order valence-electron chi connectivity index (χ3n) is 4.64. The van der Waals surface area contributed by atoms with Crippen molar-refractivity contribution in [1.29, 1.82) is 0 Å². The molecule has 0 bridgehead atoms. The van der Waals surface area contributed by atoms with E-state index in [1.165, 1.54) is 13.3 Å². The predicted octanol–water partition coefficient (Wildman–Crippen LogP) is 2.03. The Balaban J connectivity index is 1.89. The number of pyridine rings is 1. The number of hydrogen-bond acceptors (Lipinski definition) is 5. The lowest BCUT2D eigenvalue weighted by Gasteiger charge is -2.36. The van der Waals surface area contributed by atoms with Crippen LogP contribution in [0.2, 0.25) is 0 Å². The molecule has 0 spiro atoms. The summed E-state index contributed by atoms with van der Waals surface area (Å²) < 4.78 is 45.6. The van der Waals surface area contributed by atoms with Gasteiger partial charge in [0.25, 0.3) is 5.91 Å². The van der Waals surface area contributed by atoms with Gasteiger partial charge in [-0.3, -0.25) is 4.79 Å². The molecule has 3 rings (SSSR count). The molecule has 1 N–H and O–H groups in total. The molecule has 2 atom stereocenters. The lowest BCUT2D eigenvalue weighted by atomic mass is 9.95. The number of nitrogens with zero attached hydrogens (tertiary/aromatic N) is 4. The van der Waals surface area contributed by atoms with Gasteiger partial charge in [0.15, 0.2) is 0 Å². The standard InChI is InChI=1S/C17H19F3N4O3/c1-10-8-23(15(25)16(2,26)17(18,19)20)9-11-6-22-24(14(10)11)12-4-5-13(27-3)21-7-12/h4-7,10,26H,8-9H2,1-3H3/t10-,16?/m1/s1. The summed E-state index contributed by atoms with van der Waals surface area (Å²) in [5.41, 5.74) is -1.35. The number of amides is 1. The highest BCUT2D eigenvalue weighted by atomic mass is 19.4. The van der Waals surface area contributed by atoms with Crippen LogP contribution >= 0.6 is 0 Å². The van der Waals surface area contributed by atoms with Crippen molar-refractivity contribution in [3.8, 4) is 11.6 Å². The van der Waals surface area contributed by atoms with E-state index in [0.717, 1.165) is 10.6 Å². The average Bonchev–Trinajstić information content (AvgIpc) is 3.04. The Hall–Kier alpha value is -2.62. The number of carbonyl (C=O) groups is 1. The van der Waals surface area contributed by atoms with E-state index < -0.39 is 17.7 Å². The molecular weight excluding hydrogens is 365 g/mol. The molecule has 1 aliphatic heterocycles. The maximum atomic E-state index is 13.0. The Morgan fingerprint density at radius 1 is 1.33 bits per heavy atom. The van der Waals surface area contributed by atoms with Crippen LogP contribution in [-0.4, -0.2) is 56.1 Å². The van der Waals surface area contributed by atoms with Gasteiger partial charge < -0.3 is 14.7 Å². The minimum atomic E-state index is -5.05. The molecule has 146 valence electrons. The van der Waals surface area contributed by atoms with Crippen molar-refractivity contribution >= 4 is 5.91 Å². The zero-order valence-corrected chi connectivity index (χ0v) is 15.0. The van der Waals surface area contributed by atoms with Crippen LogP contribution in [0.3, 0.4) is 0 Å². The van der Waals surface area contributed by atoms with Crippen LogP contribution in [0.1, 0.15) is 31.0 Å². The molecule has 1 amide bonds. The number of fused-ring (bicyclic) bond motifs is 1. The molecule has 10 heteroatoms. The summed E-state index contributed by atoms with van der Waals surface area (Å²) in [5.74, 6) is -1.21. The number of aromatic nitrogens is 3. The lowest BCUT2D eigenvalue weighted by Crippen LogP contribution is -2.57. The number of halogens is 3. The largest absolute Gasteiger partial charge is 0.481 e. The number of methoxy groups -OCH3 is 1. The van der Waals surface area contributed by atoms with Crippen molar-refractivity contribution in [3.63, 3.8) is 0 Å². The lowest BCUT2D eigenvalue weighted by molar-refractivity contribution is -0.250. The fraction of sp³-hybridized carbons (Fsp3) is 0.471. The van der Waals surface area contributed by atoms with Gasteiger partial charge in [0.2, 0.25) is 11.5 Å². The highest BCUT2D eigenvalue weighted by Crippen LogP contribution is 2.35. The van der Waals surface area contributed by atoms with Crippen LogP contribution in [0.25, 0.3) is 5.69 Å². The number of alkyl halides is 3. The SMILES string of the molecule is COc1ccc(-n2ncc3c2[C@H](C)CN(C(=O)C(C)(O)C(F)(F)F)C3)cn1. The molecule has 0 saturated heterocycles. The van der Waals surface area contributed by atoms with E-state index in [0.29, 0.717) is 24.1 Å². The van der Waals surface area contributed by atoms with Crippen molar-refractivity contribution < 1.29 is 27.8 Å². The molecule has 0 radical (unpaired) electrons. The second-order valence-corrected chi connectivity index (χ2v) is 6.68. The Morgan fingerprint density at radius 2 is 2.04 bits per heavy atom. The Bertz CT molecular complexity index is 846. The smallest absolute Gasteiger partial charge is 0.426 e. The van der Waals surface area contributed by atoms with Gasteiger partial charge in [-0.25, -0.2) is 9.67 Å². The minimum Gasteiger partial charge on any atom is -0.481 e. The topological polar surface area (TPSA) is 80.5 Å². The van der Waals surface area contributed by atoms with Crippen molar-refractivity contribution in [1.82, 2.24) is 19.7 Å². The first kappa shape index (κ1) is 19.2. The van der Waals surface area contributed by atoms with E-state index >= 15 is 0 Å². The first-order chi connectivity index (χ1) is 12.6. The van der Waals surface area contributed by atoms with Crippen molar-refractivity contribution in [2.45, 2.75) is 38.1 Å². The van der Waals surface area contributed by atoms with E-state index in [1.54, 1.807) is 29.9 Å². The predicted molar refractivity (Wildman–Crippen MR) is 88.4 cm³/mol. The van der Waals surface area contributed by atoms with E-state index in [1.807, 2.05) is 0 Å². The van der Waals surface area contributed by atoms with E-state index in [-0.39, 0.29) is 19.0 Å². The molecule has 1 aliphatic rings. The summed E-state index contributed by atoms with van der Waals surface area (Å²) in [4.78, 5) is 17.4. The molecule has 2 aromatic heterocycles. The van der Waals surface area contributed by atoms with Gasteiger partial charge in [0.05, 0.1) is 30.9 Å². The molecule has 0 aliphatic carbocycles. The molecule has 1 unspecified atom stereocenters. The van der Waals surface area contributed by atoms with E-state index in [4.69, 9.17) is 4.74 Å². The fourth-order valence-electron chi connectivity index (χ4n) is 3.13. The van der Waals surface area contributed by atoms with Crippen LogP contribution in [0.4, 0.5) is 13.2 Å². The van der Waals surface area contributed by atoms with Crippen LogP contribution < -0.4 is 4.74 Å². The second kappa shape index (κ2) is 6.52. The van der Waals surface area contributed by atoms with Gasteiger partial charge in [-0.05, 0) is 13.0 Å². The molecular formula is C17H19F3N4O3. The zero-order chi connectivity index (χ0) is 20.0.